The maximum absolute atomic E-state index is 12.5. The fourth-order valence-corrected chi connectivity index (χ4v) is 3.31. The average molecular weight is 387 g/mol. The number of benzene rings is 2. The highest BCUT2D eigenvalue weighted by Crippen LogP contribution is 2.26. The summed E-state index contributed by atoms with van der Waals surface area (Å²) in [7, 11) is -3.85. The van der Waals surface area contributed by atoms with Gasteiger partial charge >= 0.3 is 0 Å². The van der Waals surface area contributed by atoms with Crippen LogP contribution in [-0.2, 0) is 10.0 Å². The Kier molecular flexibility index (Phi) is 6.10. The van der Waals surface area contributed by atoms with Crippen LogP contribution in [0, 0.1) is 0 Å². The molecule has 24 heavy (non-hydrogen) atoms. The van der Waals surface area contributed by atoms with Gasteiger partial charge in [0.2, 0.25) is 0 Å². The van der Waals surface area contributed by atoms with Gasteiger partial charge in [-0.1, -0.05) is 36.2 Å². The standard InChI is InChI=1S/C16H16Cl2N2O3S/c1-2-8-19-16(21)11-4-3-5-13(9-11)24(22,23)20-12-6-7-14(17)15(18)10-12/h3-7,9-10,20H,2,8H2,1H3,(H,19,21). The van der Waals surface area contributed by atoms with Gasteiger partial charge in [-0.05, 0) is 42.8 Å². The van der Waals surface area contributed by atoms with E-state index < -0.39 is 10.0 Å². The zero-order chi connectivity index (χ0) is 17.7. The van der Waals surface area contributed by atoms with Crippen LogP contribution in [0.3, 0.4) is 0 Å². The smallest absolute Gasteiger partial charge is 0.261 e. The van der Waals surface area contributed by atoms with Crippen molar-refractivity contribution in [2.24, 2.45) is 0 Å². The van der Waals surface area contributed by atoms with Crippen LogP contribution in [0.5, 0.6) is 0 Å². The molecular weight excluding hydrogens is 371 g/mol. The minimum absolute atomic E-state index is 0.0160. The highest BCUT2D eigenvalue weighted by Gasteiger charge is 2.17. The summed E-state index contributed by atoms with van der Waals surface area (Å²) in [4.78, 5) is 11.9. The first kappa shape index (κ1) is 18.6. The Bertz CT molecular complexity index is 854. The predicted molar refractivity (Wildman–Crippen MR) is 96.3 cm³/mol. The number of hydrogen-bond donors (Lipinski definition) is 2. The van der Waals surface area contributed by atoms with Gasteiger partial charge in [-0.15, -0.1) is 0 Å². The molecule has 0 saturated heterocycles. The Labute approximate surface area is 151 Å². The Morgan fingerprint density at radius 3 is 2.50 bits per heavy atom. The summed E-state index contributed by atoms with van der Waals surface area (Å²) in [6, 6.07) is 10.2. The lowest BCUT2D eigenvalue weighted by molar-refractivity contribution is 0.0953. The third-order valence-corrected chi connectivity index (χ3v) is 5.23. The van der Waals surface area contributed by atoms with Crippen molar-refractivity contribution in [1.29, 1.82) is 0 Å². The van der Waals surface area contributed by atoms with Crippen molar-refractivity contribution in [1.82, 2.24) is 5.32 Å². The van der Waals surface area contributed by atoms with E-state index in [-0.39, 0.29) is 27.1 Å². The Hall–Kier alpha value is -1.76. The molecule has 5 nitrogen and oxygen atoms in total. The van der Waals surface area contributed by atoms with Crippen LogP contribution in [-0.4, -0.2) is 20.9 Å². The topological polar surface area (TPSA) is 75.3 Å². The van der Waals surface area contributed by atoms with E-state index >= 15 is 0 Å². The second kappa shape index (κ2) is 7.88. The highest BCUT2D eigenvalue weighted by atomic mass is 35.5. The molecule has 0 aliphatic carbocycles. The number of amides is 1. The molecule has 0 bridgehead atoms. The fourth-order valence-electron chi connectivity index (χ4n) is 1.92. The van der Waals surface area contributed by atoms with Gasteiger partial charge in [-0.25, -0.2) is 8.42 Å². The first-order valence-corrected chi connectivity index (χ1v) is 9.43. The molecule has 128 valence electrons. The molecule has 0 spiro atoms. The van der Waals surface area contributed by atoms with E-state index in [9.17, 15) is 13.2 Å². The molecule has 0 atom stereocenters. The molecule has 8 heteroatoms. The van der Waals surface area contributed by atoms with Gasteiger partial charge in [-0.2, -0.15) is 0 Å². The van der Waals surface area contributed by atoms with Crippen LogP contribution >= 0.6 is 23.2 Å². The molecule has 0 aliphatic rings. The zero-order valence-electron chi connectivity index (χ0n) is 12.8. The second-order valence-corrected chi connectivity index (χ2v) is 7.51. The number of sulfonamides is 1. The summed E-state index contributed by atoms with van der Waals surface area (Å²) in [5, 5.41) is 3.27. The van der Waals surface area contributed by atoms with Crippen molar-refractivity contribution in [3.8, 4) is 0 Å². The maximum atomic E-state index is 12.5. The molecule has 2 aromatic rings. The largest absolute Gasteiger partial charge is 0.352 e. The van der Waals surface area contributed by atoms with Crippen LogP contribution in [0.15, 0.2) is 47.4 Å². The van der Waals surface area contributed by atoms with E-state index in [1.165, 1.54) is 36.4 Å². The molecule has 0 aliphatic heterocycles. The van der Waals surface area contributed by atoms with E-state index in [2.05, 4.69) is 10.0 Å². The molecule has 0 unspecified atom stereocenters. The number of halogens is 2. The Morgan fingerprint density at radius 1 is 1.08 bits per heavy atom. The van der Waals surface area contributed by atoms with Crippen LogP contribution in [0.1, 0.15) is 23.7 Å². The zero-order valence-corrected chi connectivity index (χ0v) is 15.2. The van der Waals surface area contributed by atoms with Gasteiger partial charge in [0.15, 0.2) is 0 Å². The predicted octanol–water partition coefficient (Wildman–Crippen LogP) is 3.93. The van der Waals surface area contributed by atoms with E-state index in [4.69, 9.17) is 23.2 Å². The van der Waals surface area contributed by atoms with Crippen molar-refractivity contribution in [2.45, 2.75) is 18.2 Å². The molecule has 1 amide bonds. The van der Waals surface area contributed by atoms with E-state index in [1.54, 1.807) is 6.07 Å². The number of carbonyl (C=O) groups is 1. The SMILES string of the molecule is CCCNC(=O)c1cccc(S(=O)(=O)Nc2ccc(Cl)c(Cl)c2)c1. The van der Waals surface area contributed by atoms with Crippen molar-refractivity contribution < 1.29 is 13.2 Å². The normalized spacial score (nSPS) is 11.1. The number of hydrogen-bond acceptors (Lipinski definition) is 3. The molecule has 0 aromatic heterocycles. The van der Waals surface area contributed by atoms with Crippen LogP contribution in [0.2, 0.25) is 10.0 Å². The van der Waals surface area contributed by atoms with Gasteiger partial charge in [0, 0.05) is 12.1 Å². The lowest BCUT2D eigenvalue weighted by atomic mass is 10.2. The summed E-state index contributed by atoms with van der Waals surface area (Å²) in [6.07, 6.45) is 0.794. The molecule has 0 radical (unpaired) electrons. The van der Waals surface area contributed by atoms with Crippen LogP contribution in [0.25, 0.3) is 0 Å². The second-order valence-electron chi connectivity index (χ2n) is 5.02. The summed E-state index contributed by atoms with van der Waals surface area (Å²) >= 11 is 11.7. The van der Waals surface area contributed by atoms with E-state index in [0.717, 1.165) is 6.42 Å². The summed E-state index contributed by atoms with van der Waals surface area (Å²) in [5.41, 5.74) is 0.561. The molecular formula is C16H16Cl2N2O3S. The molecule has 2 N–H and O–H groups in total. The number of nitrogens with one attached hydrogen (secondary N) is 2. The maximum Gasteiger partial charge on any atom is 0.261 e. The van der Waals surface area contributed by atoms with Gasteiger partial charge in [0.25, 0.3) is 15.9 Å². The lowest BCUT2D eigenvalue weighted by Crippen LogP contribution is -2.24. The van der Waals surface area contributed by atoms with Crippen LogP contribution < -0.4 is 10.0 Å². The quantitative estimate of drug-likeness (QED) is 0.789. The number of anilines is 1. The Balaban J connectivity index is 2.25. The van der Waals surface area contributed by atoms with Gasteiger partial charge < -0.3 is 5.32 Å². The molecule has 0 heterocycles. The fraction of sp³-hybridized carbons (Fsp3) is 0.188. The van der Waals surface area contributed by atoms with Crippen LogP contribution in [0.4, 0.5) is 5.69 Å². The van der Waals surface area contributed by atoms with Crippen molar-refractivity contribution in [2.75, 3.05) is 11.3 Å². The molecule has 2 aromatic carbocycles. The molecule has 0 fully saturated rings. The first-order valence-electron chi connectivity index (χ1n) is 7.19. The summed E-state index contributed by atoms with van der Waals surface area (Å²) in [6.45, 7) is 2.46. The summed E-state index contributed by atoms with van der Waals surface area (Å²) in [5.74, 6) is -0.316. The van der Waals surface area contributed by atoms with Crippen molar-refractivity contribution in [3.63, 3.8) is 0 Å². The van der Waals surface area contributed by atoms with Crippen molar-refractivity contribution >= 4 is 44.8 Å². The van der Waals surface area contributed by atoms with Crippen molar-refractivity contribution in [3.05, 3.63) is 58.1 Å². The van der Waals surface area contributed by atoms with E-state index in [1.807, 2.05) is 6.92 Å². The monoisotopic (exact) mass is 386 g/mol. The van der Waals surface area contributed by atoms with Gasteiger partial charge in [0.1, 0.15) is 0 Å². The third kappa shape index (κ3) is 4.63. The number of rotatable bonds is 6. The van der Waals surface area contributed by atoms with Gasteiger partial charge in [0.05, 0.1) is 20.6 Å². The average Bonchev–Trinajstić information content (AvgIpc) is 2.56. The number of carbonyl (C=O) groups excluding carboxylic acids is 1. The minimum atomic E-state index is -3.85. The lowest BCUT2D eigenvalue weighted by Gasteiger charge is -2.10. The molecule has 0 saturated carbocycles. The third-order valence-electron chi connectivity index (χ3n) is 3.11. The summed E-state index contributed by atoms with van der Waals surface area (Å²) < 4.78 is 27.3. The van der Waals surface area contributed by atoms with Gasteiger partial charge in [-0.3, -0.25) is 9.52 Å². The highest BCUT2D eigenvalue weighted by molar-refractivity contribution is 7.92. The van der Waals surface area contributed by atoms with E-state index in [0.29, 0.717) is 11.6 Å². The minimum Gasteiger partial charge on any atom is -0.352 e. The molecule has 2 rings (SSSR count). The first-order chi connectivity index (χ1) is 11.3. The Morgan fingerprint density at radius 2 is 1.83 bits per heavy atom.